The molecular formula is C10H23NO4. The maximum Gasteiger partial charge on any atom is 0.0916 e. The van der Waals surface area contributed by atoms with Crippen LogP contribution in [0.4, 0.5) is 0 Å². The van der Waals surface area contributed by atoms with E-state index in [0.29, 0.717) is 33.0 Å². The van der Waals surface area contributed by atoms with E-state index in [1.54, 1.807) is 0 Å². The fourth-order valence-electron chi connectivity index (χ4n) is 0.880. The Hall–Kier alpha value is -0.200. The minimum Gasteiger partial charge on any atom is -0.394 e. The van der Waals surface area contributed by atoms with Crippen molar-refractivity contribution in [3.05, 3.63) is 0 Å². The van der Waals surface area contributed by atoms with Crippen molar-refractivity contribution < 1.29 is 19.4 Å². The lowest BCUT2D eigenvalue weighted by atomic mass is 10.3. The van der Waals surface area contributed by atoms with Gasteiger partial charge in [0.05, 0.1) is 39.6 Å². The minimum absolute atomic E-state index is 0.0600. The molecule has 0 bridgehead atoms. The zero-order valence-corrected chi connectivity index (χ0v) is 9.54. The normalized spacial score (nSPS) is 10.8. The SMILES string of the molecule is CCCCNOCCOCCOCCO. The molecule has 0 aromatic heterocycles. The van der Waals surface area contributed by atoms with Gasteiger partial charge in [0.25, 0.3) is 0 Å². The Kier molecular flexibility index (Phi) is 13.6. The molecule has 0 radical (unpaired) electrons. The molecule has 0 fully saturated rings. The quantitative estimate of drug-likeness (QED) is 0.367. The van der Waals surface area contributed by atoms with Crippen LogP contribution < -0.4 is 5.48 Å². The molecule has 0 aromatic carbocycles. The van der Waals surface area contributed by atoms with Crippen molar-refractivity contribution in [1.82, 2.24) is 5.48 Å². The van der Waals surface area contributed by atoms with Crippen LogP contribution in [0.15, 0.2) is 0 Å². The summed E-state index contributed by atoms with van der Waals surface area (Å²) in [5.74, 6) is 0. The first-order chi connectivity index (χ1) is 7.41. The second-order valence-electron chi connectivity index (χ2n) is 3.04. The lowest BCUT2D eigenvalue weighted by Crippen LogP contribution is -2.19. The van der Waals surface area contributed by atoms with Crippen LogP contribution in [0.1, 0.15) is 19.8 Å². The number of unbranched alkanes of at least 4 members (excludes halogenated alkanes) is 1. The molecule has 0 saturated carbocycles. The number of hydroxylamine groups is 1. The molecule has 0 aliphatic rings. The number of hydrogen-bond donors (Lipinski definition) is 2. The average molecular weight is 221 g/mol. The summed E-state index contributed by atoms with van der Waals surface area (Å²) in [6.07, 6.45) is 2.28. The van der Waals surface area contributed by atoms with Crippen molar-refractivity contribution in [3.63, 3.8) is 0 Å². The van der Waals surface area contributed by atoms with E-state index in [9.17, 15) is 0 Å². The van der Waals surface area contributed by atoms with Gasteiger partial charge < -0.3 is 14.6 Å². The Morgan fingerprint density at radius 3 is 2.33 bits per heavy atom. The van der Waals surface area contributed by atoms with E-state index < -0.39 is 0 Å². The van der Waals surface area contributed by atoms with Gasteiger partial charge in [0.15, 0.2) is 0 Å². The van der Waals surface area contributed by atoms with Gasteiger partial charge in [-0.05, 0) is 6.42 Å². The third-order valence-corrected chi connectivity index (χ3v) is 1.67. The van der Waals surface area contributed by atoms with Crippen LogP contribution in [0, 0.1) is 0 Å². The standard InChI is InChI=1S/C10H23NO4/c1-2-3-4-11-15-10-9-14-8-7-13-6-5-12/h11-12H,2-10H2,1H3. The summed E-state index contributed by atoms with van der Waals surface area (Å²) in [6, 6.07) is 0. The van der Waals surface area contributed by atoms with Crippen molar-refractivity contribution in [2.75, 3.05) is 46.2 Å². The molecule has 5 heteroatoms. The second kappa shape index (κ2) is 13.8. The summed E-state index contributed by atoms with van der Waals surface area (Å²) >= 11 is 0. The molecular weight excluding hydrogens is 198 g/mol. The highest BCUT2D eigenvalue weighted by Gasteiger charge is 1.90. The number of aliphatic hydroxyl groups excluding tert-OH is 1. The summed E-state index contributed by atoms with van der Waals surface area (Å²) in [4.78, 5) is 5.11. The van der Waals surface area contributed by atoms with E-state index in [1.165, 1.54) is 0 Å². The molecule has 0 atom stereocenters. The van der Waals surface area contributed by atoms with Crippen molar-refractivity contribution in [2.45, 2.75) is 19.8 Å². The maximum absolute atomic E-state index is 8.42. The van der Waals surface area contributed by atoms with Gasteiger partial charge in [-0.15, -0.1) is 0 Å². The number of nitrogens with one attached hydrogen (secondary N) is 1. The Labute approximate surface area is 91.7 Å². The lowest BCUT2D eigenvalue weighted by Gasteiger charge is -2.06. The van der Waals surface area contributed by atoms with Gasteiger partial charge in [-0.25, -0.2) is 5.48 Å². The van der Waals surface area contributed by atoms with Crippen molar-refractivity contribution >= 4 is 0 Å². The average Bonchev–Trinajstić information content (AvgIpc) is 2.26. The predicted octanol–water partition coefficient (Wildman–Crippen LogP) is 0.333. The van der Waals surface area contributed by atoms with Crippen LogP contribution in [0.2, 0.25) is 0 Å². The summed E-state index contributed by atoms with van der Waals surface area (Å²) in [5.41, 5.74) is 2.85. The fraction of sp³-hybridized carbons (Fsp3) is 1.00. The first-order valence-electron chi connectivity index (χ1n) is 5.52. The molecule has 0 aliphatic carbocycles. The number of hydrogen-bond acceptors (Lipinski definition) is 5. The molecule has 0 aromatic rings. The van der Waals surface area contributed by atoms with Crippen molar-refractivity contribution in [2.24, 2.45) is 0 Å². The van der Waals surface area contributed by atoms with Crippen LogP contribution in [-0.2, 0) is 14.3 Å². The van der Waals surface area contributed by atoms with E-state index >= 15 is 0 Å². The number of rotatable bonds is 12. The zero-order valence-electron chi connectivity index (χ0n) is 9.54. The molecule has 0 aliphatic heterocycles. The van der Waals surface area contributed by atoms with E-state index in [0.717, 1.165) is 19.4 Å². The van der Waals surface area contributed by atoms with E-state index in [4.69, 9.17) is 19.4 Å². The Balaban J connectivity index is 2.81. The summed E-state index contributed by atoms with van der Waals surface area (Å²) in [6.45, 7) is 5.61. The molecule has 0 heterocycles. The molecule has 0 spiro atoms. The van der Waals surface area contributed by atoms with E-state index in [-0.39, 0.29) is 6.61 Å². The van der Waals surface area contributed by atoms with Gasteiger partial charge in [0, 0.05) is 6.54 Å². The van der Waals surface area contributed by atoms with Crippen LogP contribution in [0.3, 0.4) is 0 Å². The number of aliphatic hydroxyl groups is 1. The molecule has 0 rings (SSSR count). The van der Waals surface area contributed by atoms with Crippen LogP contribution >= 0.6 is 0 Å². The maximum atomic E-state index is 8.42. The van der Waals surface area contributed by atoms with Gasteiger partial charge in [0.1, 0.15) is 0 Å². The van der Waals surface area contributed by atoms with Crippen LogP contribution in [-0.4, -0.2) is 51.3 Å². The monoisotopic (exact) mass is 221 g/mol. The molecule has 0 saturated heterocycles. The summed E-state index contributed by atoms with van der Waals surface area (Å²) < 4.78 is 10.2. The summed E-state index contributed by atoms with van der Waals surface area (Å²) in [7, 11) is 0. The Morgan fingerprint density at radius 2 is 1.67 bits per heavy atom. The van der Waals surface area contributed by atoms with Gasteiger partial charge >= 0.3 is 0 Å². The van der Waals surface area contributed by atoms with E-state index in [2.05, 4.69) is 12.4 Å². The Morgan fingerprint density at radius 1 is 1.00 bits per heavy atom. The first-order valence-corrected chi connectivity index (χ1v) is 5.52. The molecule has 0 amide bonds. The van der Waals surface area contributed by atoms with Crippen LogP contribution in [0.5, 0.6) is 0 Å². The third-order valence-electron chi connectivity index (χ3n) is 1.67. The number of ether oxygens (including phenoxy) is 2. The van der Waals surface area contributed by atoms with Crippen molar-refractivity contribution in [1.29, 1.82) is 0 Å². The fourth-order valence-corrected chi connectivity index (χ4v) is 0.880. The smallest absolute Gasteiger partial charge is 0.0916 e. The largest absolute Gasteiger partial charge is 0.394 e. The highest BCUT2D eigenvalue weighted by molar-refractivity contribution is 4.35. The van der Waals surface area contributed by atoms with Gasteiger partial charge in [-0.1, -0.05) is 13.3 Å². The molecule has 0 unspecified atom stereocenters. The minimum atomic E-state index is 0.0600. The highest BCUT2D eigenvalue weighted by atomic mass is 16.7. The van der Waals surface area contributed by atoms with Gasteiger partial charge in [-0.3, -0.25) is 4.84 Å². The van der Waals surface area contributed by atoms with E-state index in [1.807, 2.05) is 0 Å². The lowest BCUT2D eigenvalue weighted by molar-refractivity contribution is -0.0211. The molecule has 15 heavy (non-hydrogen) atoms. The molecule has 2 N–H and O–H groups in total. The first kappa shape index (κ1) is 14.8. The van der Waals surface area contributed by atoms with Crippen molar-refractivity contribution in [3.8, 4) is 0 Å². The second-order valence-corrected chi connectivity index (χ2v) is 3.04. The predicted molar refractivity (Wildman–Crippen MR) is 57.6 cm³/mol. The van der Waals surface area contributed by atoms with Gasteiger partial charge in [-0.2, -0.15) is 0 Å². The summed E-state index contributed by atoms with van der Waals surface area (Å²) in [5, 5.41) is 8.42. The zero-order chi connectivity index (χ0) is 11.2. The Bertz CT molecular complexity index is 102. The topological polar surface area (TPSA) is 60.0 Å². The van der Waals surface area contributed by atoms with Crippen LogP contribution in [0.25, 0.3) is 0 Å². The molecule has 92 valence electrons. The van der Waals surface area contributed by atoms with Gasteiger partial charge in [0.2, 0.25) is 0 Å². The third kappa shape index (κ3) is 13.8. The highest BCUT2D eigenvalue weighted by Crippen LogP contribution is 1.83. The molecule has 5 nitrogen and oxygen atoms in total.